The van der Waals surface area contributed by atoms with Crippen LogP contribution in [0, 0.1) is 0 Å². The fourth-order valence-corrected chi connectivity index (χ4v) is 3.76. The topological polar surface area (TPSA) is 117 Å². The van der Waals surface area contributed by atoms with E-state index in [1.165, 1.54) is 10.8 Å². The maximum atomic E-state index is 12.4. The minimum Gasteiger partial charge on any atom is -0.459 e. The highest BCUT2D eigenvalue weighted by molar-refractivity contribution is 5.91. The van der Waals surface area contributed by atoms with Crippen molar-refractivity contribution in [3.05, 3.63) is 69.3 Å². The molecule has 4 rings (SSSR count). The summed E-state index contributed by atoms with van der Waals surface area (Å²) in [6.07, 6.45) is 2.89. The number of carbonyl (C=O) groups excluding carboxylic acids is 2. The lowest BCUT2D eigenvalue weighted by atomic mass is 10.0. The second kappa shape index (κ2) is 8.40. The Bertz CT molecular complexity index is 1170. The number of likely N-dealkylation sites (tertiary alicyclic amines) is 1. The lowest BCUT2D eigenvalue weighted by Crippen LogP contribution is -2.46. The van der Waals surface area contributed by atoms with E-state index >= 15 is 0 Å². The summed E-state index contributed by atoms with van der Waals surface area (Å²) >= 11 is 0. The van der Waals surface area contributed by atoms with Crippen LogP contribution in [0.4, 0.5) is 0 Å². The molecule has 0 aliphatic carbocycles. The Hall–Kier alpha value is -3.62. The number of amides is 2. The standard InChI is InChI=1S/C21H22N4O5/c26-18(9-12-25-16-5-2-1-4-15(16)19(27)23-21(25)29)22-14-7-10-24(11-8-14)20(28)17-6-3-13-30-17/h1-6,13-14H,7-12H2,(H,22,26)(H,23,27,29). The predicted octanol–water partition coefficient (Wildman–Crippen LogP) is 1.09. The third-order valence-corrected chi connectivity index (χ3v) is 5.35. The molecule has 9 heteroatoms. The molecule has 2 amide bonds. The van der Waals surface area contributed by atoms with E-state index in [0.717, 1.165) is 0 Å². The third kappa shape index (κ3) is 4.05. The van der Waals surface area contributed by atoms with Crippen molar-refractivity contribution in [2.24, 2.45) is 0 Å². The lowest BCUT2D eigenvalue weighted by molar-refractivity contribution is -0.122. The highest BCUT2D eigenvalue weighted by Gasteiger charge is 2.25. The lowest BCUT2D eigenvalue weighted by Gasteiger charge is -2.31. The molecule has 1 saturated heterocycles. The van der Waals surface area contributed by atoms with Gasteiger partial charge in [-0.3, -0.25) is 23.9 Å². The van der Waals surface area contributed by atoms with Crippen molar-refractivity contribution in [3.63, 3.8) is 0 Å². The molecular weight excluding hydrogens is 388 g/mol. The summed E-state index contributed by atoms with van der Waals surface area (Å²) in [5.41, 5.74) is -0.466. The van der Waals surface area contributed by atoms with Gasteiger partial charge in [-0.15, -0.1) is 0 Å². The van der Waals surface area contributed by atoms with Crippen LogP contribution in [0.15, 0.2) is 56.7 Å². The SMILES string of the molecule is O=C(CCn1c(=O)[nH]c(=O)c2ccccc21)NC1CCN(C(=O)c2ccco2)CC1. The molecule has 156 valence electrons. The van der Waals surface area contributed by atoms with Gasteiger partial charge < -0.3 is 14.6 Å². The van der Waals surface area contributed by atoms with Gasteiger partial charge in [0, 0.05) is 32.1 Å². The number of furan rings is 1. The molecule has 30 heavy (non-hydrogen) atoms. The van der Waals surface area contributed by atoms with Crippen molar-refractivity contribution in [2.75, 3.05) is 13.1 Å². The highest BCUT2D eigenvalue weighted by Crippen LogP contribution is 2.15. The number of piperidine rings is 1. The van der Waals surface area contributed by atoms with E-state index in [1.807, 2.05) is 0 Å². The molecule has 0 atom stereocenters. The highest BCUT2D eigenvalue weighted by atomic mass is 16.3. The van der Waals surface area contributed by atoms with Gasteiger partial charge in [0.25, 0.3) is 11.5 Å². The summed E-state index contributed by atoms with van der Waals surface area (Å²) in [7, 11) is 0. The Kier molecular flexibility index (Phi) is 5.51. The molecule has 1 aromatic carbocycles. The van der Waals surface area contributed by atoms with Gasteiger partial charge in [0.15, 0.2) is 5.76 Å². The van der Waals surface area contributed by atoms with E-state index in [1.54, 1.807) is 41.3 Å². The Morgan fingerprint density at radius 3 is 2.60 bits per heavy atom. The summed E-state index contributed by atoms with van der Waals surface area (Å²) in [6.45, 7) is 1.24. The van der Waals surface area contributed by atoms with Gasteiger partial charge in [-0.25, -0.2) is 4.79 Å². The van der Waals surface area contributed by atoms with Gasteiger partial charge in [0.1, 0.15) is 0 Å². The zero-order chi connectivity index (χ0) is 21.1. The largest absolute Gasteiger partial charge is 0.459 e. The van der Waals surface area contributed by atoms with E-state index in [-0.39, 0.29) is 30.8 Å². The van der Waals surface area contributed by atoms with Gasteiger partial charge in [0.05, 0.1) is 17.2 Å². The number of fused-ring (bicyclic) bond motifs is 1. The van der Waals surface area contributed by atoms with Crippen LogP contribution in [0.1, 0.15) is 29.8 Å². The van der Waals surface area contributed by atoms with Crippen LogP contribution in [0.25, 0.3) is 10.9 Å². The maximum Gasteiger partial charge on any atom is 0.328 e. The number of nitrogens with one attached hydrogen (secondary N) is 2. The van der Waals surface area contributed by atoms with Gasteiger partial charge in [-0.05, 0) is 37.1 Å². The number of benzene rings is 1. The zero-order valence-electron chi connectivity index (χ0n) is 16.3. The van der Waals surface area contributed by atoms with Crippen LogP contribution in [-0.4, -0.2) is 45.4 Å². The van der Waals surface area contributed by atoms with Crippen LogP contribution < -0.4 is 16.6 Å². The molecule has 1 aliphatic heterocycles. The van der Waals surface area contributed by atoms with Crippen LogP contribution in [0.3, 0.4) is 0 Å². The number of rotatable bonds is 5. The molecule has 0 spiro atoms. The first-order chi connectivity index (χ1) is 14.5. The number of hydrogen-bond donors (Lipinski definition) is 2. The first-order valence-electron chi connectivity index (χ1n) is 9.87. The molecule has 0 radical (unpaired) electrons. The summed E-state index contributed by atoms with van der Waals surface area (Å²) in [6, 6.07) is 10.1. The smallest absolute Gasteiger partial charge is 0.328 e. The third-order valence-electron chi connectivity index (χ3n) is 5.35. The van der Waals surface area contributed by atoms with E-state index in [4.69, 9.17) is 4.42 Å². The van der Waals surface area contributed by atoms with Crippen molar-refractivity contribution in [2.45, 2.75) is 31.8 Å². The molecule has 0 unspecified atom stereocenters. The number of aromatic amines is 1. The Balaban J connectivity index is 1.32. The van der Waals surface area contributed by atoms with Crippen molar-refractivity contribution >= 4 is 22.7 Å². The minimum atomic E-state index is -0.531. The average molecular weight is 410 g/mol. The summed E-state index contributed by atoms with van der Waals surface area (Å²) in [5, 5.41) is 3.38. The van der Waals surface area contributed by atoms with Gasteiger partial charge in [-0.1, -0.05) is 12.1 Å². The second-order valence-corrected chi connectivity index (χ2v) is 7.29. The molecular formula is C21H22N4O5. The number of nitrogens with zero attached hydrogens (tertiary/aromatic N) is 2. The van der Waals surface area contributed by atoms with Gasteiger partial charge in [-0.2, -0.15) is 0 Å². The van der Waals surface area contributed by atoms with Crippen molar-refractivity contribution < 1.29 is 14.0 Å². The molecule has 0 saturated carbocycles. The normalized spacial score (nSPS) is 14.7. The van der Waals surface area contributed by atoms with E-state index in [2.05, 4.69) is 10.3 Å². The molecule has 3 aromatic rings. The molecule has 1 fully saturated rings. The first-order valence-corrected chi connectivity index (χ1v) is 9.87. The van der Waals surface area contributed by atoms with Crippen molar-refractivity contribution in [1.82, 2.24) is 19.8 Å². The van der Waals surface area contributed by atoms with Crippen LogP contribution >= 0.6 is 0 Å². The fraction of sp³-hybridized carbons (Fsp3) is 0.333. The molecule has 2 aromatic heterocycles. The molecule has 3 heterocycles. The van der Waals surface area contributed by atoms with Crippen molar-refractivity contribution in [3.8, 4) is 0 Å². The minimum absolute atomic E-state index is 0.0257. The van der Waals surface area contributed by atoms with Crippen molar-refractivity contribution in [1.29, 1.82) is 0 Å². The van der Waals surface area contributed by atoms with Crippen LogP contribution in [0.5, 0.6) is 0 Å². The summed E-state index contributed by atoms with van der Waals surface area (Å²) < 4.78 is 6.55. The number of aryl methyl sites for hydroxylation is 1. The van der Waals surface area contributed by atoms with Crippen LogP contribution in [-0.2, 0) is 11.3 Å². The van der Waals surface area contributed by atoms with Gasteiger partial charge >= 0.3 is 5.69 Å². The number of carbonyl (C=O) groups is 2. The van der Waals surface area contributed by atoms with E-state index in [0.29, 0.717) is 42.6 Å². The summed E-state index contributed by atoms with van der Waals surface area (Å²) in [4.78, 5) is 52.8. The van der Waals surface area contributed by atoms with Crippen LogP contribution in [0.2, 0.25) is 0 Å². The Morgan fingerprint density at radius 2 is 1.87 bits per heavy atom. The average Bonchev–Trinajstić information content (AvgIpc) is 3.28. The van der Waals surface area contributed by atoms with E-state index in [9.17, 15) is 19.2 Å². The number of para-hydroxylation sites is 1. The van der Waals surface area contributed by atoms with Gasteiger partial charge in [0.2, 0.25) is 5.91 Å². The monoisotopic (exact) mass is 410 g/mol. The van der Waals surface area contributed by atoms with E-state index < -0.39 is 11.2 Å². The predicted molar refractivity (Wildman–Crippen MR) is 109 cm³/mol. The first kappa shape index (κ1) is 19.7. The molecule has 0 bridgehead atoms. The Morgan fingerprint density at radius 1 is 1.10 bits per heavy atom. The number of aromatic nitrogens is 2. The zero-order valence-corrected chi connectivity index (χ0v) is 16.3. The molecule has 2 N–H and O–H groups in total. The fourth-order valence-electron chi connectivity index (χ4n) is 3.76. The Labute approximate surface area is 171 Å². The number of H-pyrrole nitrogens is 1. The second-order valence-electron chi connectivity index (χ2n) is 7.29. The quantitative estimate of drug-likeness (QED) is 0.653. The summed E-state index contributed by atoms with van der Waals surface area (Å²) in [5.74, 6) is -0.00171. The number of hydrogen-bond acceptors (Lipinski definition) is 5. The molecule has 9 nitrogen and oxygen atoms in total. The maximum absolute atomic E-state index is 12.4. The molecule has 1 aliphatic rings.